The second-order valence-corrected chi connectivity index (χ2v) is 7.19. The molecule has 25 heavy (non-hydrogen) atoms. The third-order valence-electron chi connectivity index (χ3n) is 5.25. The number of urea groups is 1. The number of rotatable bonds is 4. The lowest BCUT2D eigenvalue weighted by Crippen LogP contribution is -2.51. The molecule has 6 heteroatoms. The highest BCUT2D eigenvalue weighted by Crippen LogP contribution is 2.19. The molecule has 6 nitrogen and oxygen atoms in total. The Labute approximate surface area is 150 Å². The van der Waals surface area contributed by atoms with Gasteiger partial charge < -0.3 is 20.3 Å². The van der Waals surface area contributed by atoms with E-state index in [1.807, 2.05) is 29.2 Å². The van der Waals surface area contributed by atoms with Crippen molar-refractivity contribution in [3.05, 3.63) is 24.3 Å². The summed E-state index contributed by atoms with van der Waals surface area (Å²) in [4.78, 5) is 16.8. The Balaban J connectivity index is 1.42. The average Bonchev–Trinajstić information content (AvgIpc) is 2.63. The zero-order valence-electron chi connectivity index (χ0n) is 15.3. The van der Waals surface area contributed by atoms with E-state index in [-0.39, 0.29) is 6.03 Å². The zero-order chi connectivity index (χ0) is 17.6. The molecule has 1 aromatic carbocycles. The van der Waals surface area contributed by atoms with E-state index in [2.05, 4.69) is 22.5 Å². The van der Waals surface area contributed by atoms with Crippen LogP contribution < -0.4 is 15.4 Å². The first-order valence-electron chi connectivity index (χ1n) is 9.30. The van der Waals surface area contributed by atoms with Gasteiger partial charge in [0, 0.05) is 44.5 Å². The van der Waals surface area contributed by atoms with Crippen LogP contribution in [0, 0.1) is 5.92 Å². The Bertz CT molecular complexity index is 555. The van der Waals surface area contributed by atoms with Gasteiger partial charge in [0.15, 0.2) is 0 Å². The predicted octanol–water partition coefficient (Wildman–Crippen LogP) is 2.23. The highest BCUT2D eigenvalue weighted by Gasteiger charge is 2.25. The van der Waals surface area contributed by atoms with Crippen molar-refractivity contribution in [2.45, 2.75) is 25.8 Å². The summed E-state index contributed by atoms with van der Waals surface area (Å²) in [5.41, 5.74) is 0.803. The van der Waals surface area contributed by atoms with Gasteiger partial charge in [0.2, 0.25) is 0 Å². The molecule has 0 aromatic heterocycles. The van der Waals surface area contributed by atoms with Gasteiger partial charge in [-0.25, -0.2) is 4.79 Å². The molecule has 2 amide bonds. The van der Waals surface area contributed by atoms with Gasteiger partial charge in [0.05, 0.1) is 7.11 Å². The molecule has 0 spiro atoms. The minimum Gasteiger partial charge on any atom is -0.497 e. The normalized spacial score (nSPS) is 24.8. The molecule has 0 saturated carbocycles. The molecule has 2 fully saturated rings. The van der Waals surface area contributed by atoms with Crippen LogP contribution >= 0.6 is 0 Å². The van der Waals surface area contributed by atoms with E-state index in [1.54, 1.807) is 7.11 Å². The molecule has 3 rings (SSSR count). The number of nitrogens with zero attached hydrogens (tertiary/aromatic N) is 2. The van der Waals surface area contributed by atoms with E-state index in [0.29, 0.717) is 6.04 Å². The minimum absolute atomic E-state index is 0.0136. The fourth-order valence-corrected chi connectivity index (χ4v) is 3.78. The average molecular weight is 346 g/mol. The highest BCUT2D eigenvalue weighted by atomic mass is 16.5. The second kappa shape index (κ2) is 8.54. The first-order valence-corrected chi connectivity index (χ1v) is 9.30. The van der Waals surface area contributed by atoms with Crippen molar-refractivity contribution in [3.63, 3.8) is 0 Å². The maximum atomic E-state index is 12.4. The van der Waals surface area contributed by atoms with Crippen molar-refractivity contribution in [1.82, 2.24) is 15.1 Å². The van der Waals surface area contributed by atoms with Crippen LogP contribution in [0.25, 0.3) is 0 Å². The third kappa shape index (κ3) is 5.09. The van der Waals surface area contributed by atoms with Crippen LogP contribution in [0.4, 0.5) is 10.5 Å². The summed E-state index contributed by atoms with van der Waals surface area (Å²) in [5.74, 6) is 1.58. The Hall–Kier alpha value is -1.79. The molecular formula is C19H30N4O2. The molecule has 2 N–H and O–H groups in total. The van der Waals surface area contributed by atoms with E-state index in [9.17, 15) is 4.79 Å². The highest BCUT2D eigenvalue weighted by molar-refractivity contribution is 5.89. The fourth-order valence-electron chi connectivity index (χ4n) is 3.78. The summed E-state index contributed by atoms with van der Waals surface area (Å²) in [6.07, 6.45) is 2.53. The molecular weight excluding hydrogens is 316 g/mol. The van der Waals surface area contributed by atoms with Gasteiger partial charge in [-0.1, -0.05) is 0 Å². The Kier molecular flexibility index (Phi) is 6.15. The smallest absolute Gasteiger partial charge is 0.321 e. The minimum atomic E-state index is -0.0136. The number of methoxy groups -OCH3 is 1. The maximum Gasteiger partial charge on any atom is 0.321 e. The lowest BCUT2D eigenvalue weighted by molar-refractivity contribution is 0.123. The van der Waals surface area contributed by atoms with Crippen LogP contribution in [0.1, 0.15) is 19.8 Å². The quantitative estimate of drug-likeness (QED) is 0.878. The monoisotopic (exact) mass is 346 g/mol. The summed E-state index contributed by atoms with van der Waals surface area (Å²) in [6, 6.07) is 8.06. The molecule has 2 heterocycles. The van der Waals surface area contributed by atoms with Gasteiger partial charge in [-0.3, -0.25) is 4.90 Å². The number of anilines is 1. The Morgan fingerprint density at radius 3 is 2.60 bits per heavy atom. The Morgan fingerprint density at radius 1 is 1.24 bits per heavy atom. The molecule has 0 radical (unpaired) electrons. The second-order valence-electron chi connectivity index (χ2n) is 7.19. The van der Waals surface area contributed by atoms with E-state index in [4.69, 9.17) is 4.74 Å². The van der Waals surface area contributed by atoms with E-state index < -0.39 is 0 Å². The predicted molar refractivity (Wildman–Crippen MR) is 100 cm³/mol. The van der Waals surface area contributed by atoms with Crippen molar-refractivity contribution in [1.29, 1.82) is 0 Å². The lowest BCUT2D eigenvalue weighted by atomic mass is 9.92. The summed E-state index contributed by atoms with van der Waals surface area (Å²) in [7, 11) is 1.64. The molecule has 138 valence electrons. The van der Waals surface area contributed by atoms with Crippen LogP contribution in [0.15, 0.2) is 24.3 Å². The van der Waals surface area contributed by atoms with Crippen molar-refractivity contribution < 1.29 is 9.53 Å². The van der Waals surface area contributed by atoms with Gasteiger partial charge in [-0.05, 0) is 56.5 Å². The molecule has 0 bridgehead atoms. The topological polar surface area (TPSA) is 56.8 Å². The number of benzene rings is 1. The lowest BCUT2D eigenvalue weighted by Gasteiger charge is -2.38. The van der Waals surface area contributed by atoms with E-state index >= 15 is 0 Å². The third-order valence-corrected chi connectivity index (χ3v) is 5.25. The number of piperazine rings is 1. The van der Waals surface area contributed by atoms with Gasteiger partial charge in [-0.2, -0.15) is 0 Å². The van der Waals surface area contributed by atoms with Crippen molar-refractivity contribution in [3.8, 4) is 5.75 Å². The summed E-state index contributed by atoms with van der Waals surface area (Å²) >= 11 is 0. The first kappa shape index (κ1) is 18.0. The van der Waals surface area contributed by atoms with Crippen molar-refractivity contribution in [2.75, 3.05) is 51.7 Å². The van der Waals surface area contributed by atoms with Crippen LogP contribution in [0.3, 0.4) is 0 Å². The van der Waals surface area contributed by atoms with Crippen molar-refractivity contribution >= 4 is 11.7 Å². The molecule has 2 atom stereocenters. The first-order chi connectivity index (χ1) is 12.1. The number of ether oxygens (including phenoxy) is 1. The molecule has 2 aliphatic rings. The molecule has 0 aliphatic carbocycles. The van der Waals surface area contributed by atoms with Gasteiger partial charge >= 0.3 is 6.03 Å². The van der Waals surface area contributed by atoms with Crippen LogP contribution in [-0.2, 0) is 0 Å². The fraction of sp³-hybridized carbons (Fsp3) is 0.632. The number of piperidine rings is 1. The number of nitrogens with one attached hydrogen (secondary N) is 2. The van der Waals surface area contributed by atoms with Crippen LogP contribution in [-0.4, -0.2) is 68.3 Å². The van der Waals surface area contributed by atoms with Crippen LogP contribution in [0.2, 0.25) is 0 Å². The number of hydrogen-bond donors (Lipinski definition) is 2. The van der Waals surface area contributed by atoms with E-state index in [1.165, 1.54) is 19.4 Å². The van der Waals surface area contributed by atoms with Crippen molar-refractivity contribution in [2.24, 2.45) is 5.92 Å². The van der Waals surface area contributed by atoms with Crippen LogP contribution in [0.5, 0.6) is 5.75 Å². The molecule has 2 saturated heterocycles. The standard InChI is InChI=1S/C19H30N4O2/c1-15-13-16(7-8-20-15)14-22-9-11-23(12-10-22)19(24)21-17-3-5-18(25-2)6-4-17/h3-6,15-16,20H,7-14H2,1-2H3,(H,21,24). The molecule has 1 aromatic rings. The Morgan fingerprint density at radius 2 is 1.96 bits per heavy atom. The SMILES string of the molecule is COc1ccc(NC(=O)N2CCN(CC3CCNC(C)C3)CC2)cc1. The maximum absolute atomic E-state index is 12.4. The zero-order valence-corrected chi connectivity index (χ0v) is 15.3. The largest absolute Gasteiger partial charge is 0.497 e. The summed E-state index contributed by atoms with van der Waals surface area (Å²) in [6.45, 7) is 8.09. The summed E-state index contributed by atoms with van der Waals surface area (Å²) < 4.78 is 5.14. The number of amides is 2. The number of carbonyl (C=O) groups is 1. The number of carbonyl (C=O) groups excluding carboxylic acids is 1. The van der Waals surface area contributed by atoms with E-state index in [0.717, 1.165) is 50.1 Å². The molecule has 2 aliphatic heterocycles. The van der Waals surface area contributed by atoms with Gasteiger partial charge in [0.25, 0.3) is 0 Å². The number of hydrogen-bond acceptors (Lipinski definition) is 4. The molecule has 2 unspecified atom stereocenters. The van der Waals surface area contributed by atoms with Gasteiger partial charge in [-0.15, -0.1) is 0 Å². The van der Waals surface area contributed by atoms with Gasteiger partial charge in [0.1, 0.15) is 5.75 Å². The summed E-state index contributed by atoms with van der Waals surface area (Å²) in [5, 5.41) is 6.48.